The van der Waals surface area contributed by atoms with Crippen molar-refractivity contribution < 1.29 is 14.3 Å². The lowest BCUT2D eigenvalue weighted by atomic mass is 10.2. The summed E-state index contributed by atoms with van der Waals surface area (Å²) in [7, 11) is 0. The van der Waals surface area contributed by atoms with Crippen LogP contribution in [0.5, 0.6) is 5.75 Å². The number of carbonyl (C=O) groups excluding carboxylic acids is 1. The molecule has 1 aromatic rings. The third-order valence-electron chi connectivity index (χ3n) is 2.75. The van der Waals surface area contributed by atoms with Crippen molar-refractivity contribution in [3.8, 4) is 5.75 Å². The van der Waals surface area contributed by atoms with Gasteiger partial charge in [-0.2, -0.15) is 0 Å². The Hall–Kier alpha value is -1.26. The highest BCUT2D eigenvalue weighted by Gasteiger charge is 2.16. The lowest BCUT2D eigenvalue weighted by Gasteiger charge is -2.11. The summed E-state index contributed by atoms with van der Waals surface area (Å²) in [5.74, 6) is 0.358. The number of para-hydroxylation sites is 1. The molecule has 2 rings (SSSR count). The van der Waals surface area contributed by atoms with Crippen LogP contribution in [0.3, 0.4) is 0 Å². The van der Waals surface area contributed by atoms with E-state index in [1.807, 2.05) is 12.1 Å². The summed E-state index contributed by atoms with van der Waals surface area (Å²) in [6.07, 6.45) is 2.22. The molecule has 0 radical (unpaired) electrons. The first-order valence-corrected chi connectivity index (χ1v) is 6.39. The Morgan fingerprint density at radius 2 is 2.33 bits per heavy atom. The average molecular weight is 270 g/mol. The SMILES string of the molecule is O=C(COc1ccccc1Cl)NC[C@H]1CCCO1. The molecule has 5 heteroatoms. The number of benzene rings is 1. The fraction of sp³-hybridized carbons (Fsp3) is 0.462. The molecule has 0 saturated carbocycles. The Balaban J connectivity index is 1.69. The highest BCUT2D eigenvalue weighted by Crippen LogP contribution is 2.22. The number of rotatable bonds is 5. The number of ether oxygens (including phenoxy) is 2. The Bertz CT molecular complexity index is 405. The zero-order chi connectivity index (χ0) is 12.8. The molecular formula is C13H16ClNO3. The van der Waals surface area contributed by atoms with Crippen molar-refractivity contribution in [2.24, 2.45) is 0 Å². The van der Waals surface area contributed by atoms with Gasteiger partial charge in [-0.1, -0.05) is 23.7 Å². The van der Waals surface area contributed by atoms with E-state index in [1.54, 1.807) is 12.1 Å². The molecule has 1 atom stereocenters. The van der Waals surface area contributed by atoms with E-state index >= 15 is 0 Å². The van der Waals surface area contributed by atoms with E-state index in [0.29, 0.717) is 17.3 Å². The number of hydrogen-bond donors (Lipinski definition) is 1. The minimum atomic E-state index is -0.162. The summed E-state index contributed by atoms with van der Waals surface area (Å²) in [5, 5.41) is 3.29. The topological polar surface area (TPSA) is 47.6 Å². The summed E-state index contributed by atoms with van der Waals surface area (Å²) in [6, 6.07) is 7.08. The van der Waals surface area contributed by atoms with Crippen LogP contribution >= 0.6 is 11.6 Å². The van der Waals surface area contributed by atoms with Crippen molar-refractivity contribution in [2.75, 3.05) is 19.8 Å². The van der Waals surface area contributed by atoms with E-state index in [9.17, 15) is 4.79 Å². The molecule has 1 aliphatic heterocycles. The van der Waals surface area contributed by atoms with Gasteiger partial charge in [-0.25, -0.2) is 0 Å². The first kappa shape index (κ1) is 13.2. The van der Waals surface area contributed by atoms with E-state index < -0.39 is 0 Å². The molecule has 1 amide bonds. The largest absolute Gasteiger partial charge is 0.482 e. The summed E-state index contributed by atoms with van der Waals surface area (Å²) < 4.78 is 10.7. The van der Waals surface area contributed by atoms with Crippen LogP contribution in [-0.4, -0.2) is 31.8 Å². The van der Waals surface area contributed by atoms with Crippen LogP contribution in [0.1, 0.15) is 12.8 Å². The Labute approximate surface area is 111 Å². The van der Waals surface area contributed by atoms with Crippen LogP contribution in [0.15, 0.2) is 24.3 Å². The zero-order valence-electron chi connectivity index (χ0n) is 10.0. The maximum absolute atomic E-state index is 11.5. The predicted octanol–water partition coefficient (Wildman–Crippen LogP) is 2.01. The maximum Gasteiger partial charge on any atom is 0.258 e. The first-order valence-electron chi connectivity index (χ1n) is 6.01. The third-order valence-corrected chi connectivity index (χ3v) is 3.06. The van der Waals surface area contributed by atoms with Gasteiger partial charge in [0.05, 0.1) is 11.1 Å². The summed E-state index contributed by atoms with van der Waals surface area (Å²) in [5.41, 5.74) is 0. The van der Waals surface area contributed by atoms with Crippen molar-refractivity contribution in [2.45, 2.75) is 18.9 Å². The Morgan fingerprint density at radius 3 is 3.06 bits per heavy atom. The first-order chi connectivity index (χ1) is 8.75. The number of carbonyl (C=O) groups is 1. The van der Waals surface area contributed by atoms with Crippen LogP contribution in [0.4, 0.5) is 0 Å². The van der Waals surface area contributed by atoms with Crippen molar-refractivity contribution in [3.63, 3.8) is 0 Å². The third kappa shape index (κ3) is 3.89. The van der Waals surface area contributed by atoms with Gasteiger partial charge in [0.1, 0.15) is 5.75 Å². The normalized spacial score (nSPS) is 18.6. The van der Waals surface area contributed by atoms with Gasteiger partial charge in [0.25, 0.3) is 5.91 Å². The van der Waals surface area contributed by atoms with Crippen LogP contribution < -0.4 is 10.1 Å². The predicted molar refractivity (Wildman–Crippen MR) is 68.9 cm³/mol. The molecule has 0 aliphatic carbocycles. The average Bonchev–Trinajstić information content (AvgIpc) is 2.88. The van der Waals surface area contributed by atoms with Gasteiger partial charge in [0.15, 0.2) is 6.61 Å². The molecule has 1 aliphatic rings. The summed E-state index contributed by atoms with van der Waals surface area (Å²) in [6.45, 7) is 1.30. The summed E-state index contributed by atoms with van der Waals surface area (Å²) in [4.78, 5) is 11.5. The molecule has 98 valence electrons. The molecule has 0 spiro atoms. The van der Waals surface area contributed by atoms with Gasteiger partial charge >= 0.3 is 0 Å². The van der Waals surface area contributed by atoms with Gasteiger partial charge in [-0.3, -0.25) is 4.79 Å². The van der Waals surface area contributed by atoms with Crippen LogP contribution in [-0.2, 0) is 9.53 Å². The van der Waals surface area contributed by atoms with E-state index in [0.717, 1.165) is 19.4 Å². The van der Waals surface area contributed by atoms with Crippen molar-refractivity contribution >= 4 is 17.5 Å². The minimum Gasteiger partial charge on any atom is -0.482 e. The minimum absolute atomic E-state index is 0.0313. The molecule has 18 heavy (non-hydrogen) atoms. The molecule has 1 N–H and O–H groups in total. The Morgan fingerprint density at radius 1 is 1.50 bits per heavy atom. The molecular weight excluding hydrogens is 254 g/mol. The molecule has 1 fully saturated rings. The van der Waals surface area contributed by atoms with E-state index in [4.69, 9.17) is 21.1 Å². The van der Waals surface area contributed by atoms with Gasteiger partial charge in [-0.15, -0.1) is 0 Å². The number of halogens is 1. The molecule has 0 bridgehead atoms. The van der Waals surface area contributed by atoms with Gasteiger partial charge in [0.2, 0.25) is 0 Å². The zero-order valence-corrected chi connectivity index (χ0v) is 10.8. The fourth-order valence-corrected chi connectivity index (χ4v) is 1.98. The number of nitrogens with one attached hydrogen (secondary N) is 1. The summed E-state index contributed by atoms with van der Waals surface area (Å²) >= 11 is 5.91. The molecule has 1 saturated heterocycles. The lowest BCUT2D eigenvalue weighted by molar-refractivity contribution is -0.123. The molecule has 1 heterocycles. The Kier molecular flexibility index (Phi) is 4.84. The van der Waals surface area contributed by atoms with Crippen LogP contribution in [0.25, 0.3) is 0 Å². The second kappa shape index (κ2) is 6.61. The molecule has 0 aromatic heterocycles. The number of amides is 1. The standard InChI is InChI=1S/C13H16ClNO3/c14-11-5-1-2-6-12(11)18-9-13(16)15-8-10-4-3-7-17-10/h1-2,5-6,10H,3-4,7-9H2,(H,15,16)/t10-/m1/s1. The van der Waals surface area contributed by atoms with Gasteiger partial charge < -0.3 is 14.8 Å². The molecule has 1 aromatic carbocycles. The van der Waals surface area contributed by atoms with E-state index in [-0.39, 0.29) is 18.6 Å². The van der Waals surface area contributed by atoms with E-state index in [1.165, 1.54) is 0 Å². The second-order valence-corrected chi connectivity index (χ2v) is 4.57. The monoisotopic (exact) mass is 269 g/mol. The van der Waals surface area contributed by atoms with Crippen LogP contribution in [0, 0.1) is 0 Å². The van der Waals surface area contributed by atoms with Crippen LogP contribution in [0.2, 0.25) is 5.02 Å². The molecule has 0 unspecified atom stereocenters. The smallest absolute Gasteiger partial charge is 0.258 e. The van der Waals surface area contributed by atoms with Gasteiger partial charge in [0, 0.05) is 13.2 Å². The van der Waals surface area contributed by atoms with Crippen molar-refractivity contribution in [3.05, 3.63) is 29.3 Å². The van der Waals surface area contributed by atoms with Gasteiger partial charge in [-0.05, 0) is 25.0 Å². The quantitative estimate of drug-likeness (QED) is 0.890. The highest BCUT2D eigenvalue weighted by molar-refractivity contribution is 6.32. The van der Waals surface area contributed by atoms with Crippen molar-refractivity contribution in [1.29, 1.82) is 0 Å². The highest BCUT2D eigenvalue weighted by atomic mass is 35.5. The fourth-order valence-electron chi connectivity index (χ4n) is 1.79. The molecule has 4 nitrogen and oxygen atoms in total. The lowest BCUT2D eigenvalue weighted by Crippen LogP contribution is -2.35. The maximum atomic E-state index is 11.5. The van der Waals surface area contributed by atoms with E-state index in [2.05, 4.69) is 5.32 Å². The number of hydrogen-bond acceptors (Lipinski definition) is 3. The second-order valence-electron chi connectivity index (χ2n) is 4.16. The van der Waals surface area contributed by atoms with Crippen molar-refractivity contribution in [1.82, 2.24) is 5.32 Å².